The first-order valence-corrected chi connectivity index (χ1v) is 4.52. The molecule has 0 aliphatic heterocycles. The van der Waals surface area contributed by atoms with Crippen LogP contribution >= 0.6 is 34.8 Å². The summed E-state index contributed by atoms with van der Waals surface area (Å²) in [6.07, 6.45) is 0.378. The summed E-state index contributed by atoms with van der Waals surface area (Å²) in [5.74, 6) is 0. The third-order valence-electron chi connectivity index (χ3n) is 1.36. The van der Waals surface area contributed by atoms with Crippen LogP contribution in [0, 0.1) is 0 Å². The maximum absolute atomic E-state index is 5.61. The third-order valence-corrected chi connectivity index (χ3v) is 1.76. The van der Waals surface area contributed by atoms with Crippen molar-refractivity contribution in [2.75, 3.05) is 5.73 Å². The van der Waals surface area contributed by atoms with Crippen molar-refractivity contribution < 1.29 is 0 Å². The van der Waals surface area contributed by atoms with Gasteiger partial charge in [0.05, 0.1) is 0 Å². The maximum atomic E-state index is 5.61. The first-order valence-electron chi connectivity index (χ1n) is 3.38. The number of nitrogen functional groups attached to an aromatic ring is 1. The van der Waals surface area contributed by atoms with E-state index in [-0.39, 0.29) is 0 Å². The van der Waals surface area contributed by atoms with E-state index in [4.69, 9.17) is 40.5 Å². The Bertz CT molecular complexity index is 267. The zero-order valence-electron chi connectivity index (χ0n) is 6.23. The number of benzene rings is 1. The largest absolute Gasteiger partial charge is 0.399 e. The molecule has 2 N–H and O–H groups in total. The average molecular weight is 225 g/mol. The number of hydrogen-bond donors (Lipinski definition) is 1. The smallest absolute Gasteiger partial charge is 0.194 e. The second kappa shape index (κ2) is 3.73. The van der Waals surface area contributed by atoms with Crippen LogP contribution in [0.25, 0.3) is 0 Å². The monoisotopic (exact) mass is 223 g/mol. The summed E-state index contributed by atoms with van der Waals surface area (Å²) < 4.78 is -1.24. The Morgan fingerprint density at radius 3 is 2.42 bits per heavy atom. The minimum atomic E-state index is -1.24. The lowest BCUT2D eigenvalue weighted by Crippen LogP contribution is -2.06. The Balaban J connectivity index is 2.77. The first-order chi connectivity index (χ1) is 5.47. The lowest BCUT2D eigenvalue weighted by atomic mass is 10.1. The molecule has 0 aliphatic carbocycles. The van der Waals surface area contributed by atoms with E-state index in [0.717, 1.165) is 5.56 Å². The summed E-state index contributed by atoms with van der Waals surface area (Å²) in [6, 6.07) is 7.29. The van der Waals surface area contributed by atoms with Gasteiger partial charge in [0.1, 0.15) is 0 Å². The van der Waals surface area contributed by atoms with E-state index in [9.17, 15) is 0 Å². The molecule has 0 aliphatic rings. The van der Waals surface area contributed by atoms with E-state index in [1.54, 1.807) is 12.1 Å². The molecule has 0 bridgehead atoms. The summed E-state index contributed by atoms with van der Waals surface area (Å²) in [5.41, 5.74) is 7.16. The fourth-order valence-corrected chi connectivity index (χ4v) is 1.40. The predicted octanol–water partition coefficient (Wildman–Crippen LogP) is 3.18. The minimum absolute atomic E-state index is 0.378. The van der Waals surface area contributed by atoms with Gasteiger partial charge in [-0.05, 0) is 17.7 Å². The Labute approximate surface area is 86.4 Å². The van der Waals surface area contributed by atoms with Crippen molar-refractivity contribution in [3.05, 3.63) is 29.8 Å². The summed E-state index contributed by atoms with van der Waals surface area (Å²) in [7, 11) is 0. The van der Waals surface area contributed by atoms with Gasteiger partial charge in [0.15, 0.2) is 3.79 Å². The van der Waals surface area contributed by atoms with Gasteiger partial charge < -0.3 is 5.73 Å². The molecule has 1 rings (SSSR count). The topological polar surface area (TPSA) is 26.0 Å². The van der Waals surface area contributed by atoms with Crippen LogP contribution in [0.2, 0.25) is 0 Å². The van der Waals surface area contributed by atoms with Crippen LogP contribution in [0.15, 0.2) is 24.3 Å². The molecule has 1 aromatic rings. The molecule has 1 nitrogen and oxygen atoms in total. The summed E-state index contributed by atoms with van der Waals surface area (Å²) in [6.45, 7) is 0. The summed E-state index contributed by atoms with van der Waals surface area (Å²) in [4.78, 5) is 0. The first kappa shape index (κ1) is 9.97. The Hall–Kier alpha value is -0.110. The number of hydrogen-bond acceptors (Lipinski definition) is 1. The van der Waals surface area contributed by atoms with Gasteiger partial charge >= 0.3 is 0 Å². The molecule has 0 saturated heterocycles. The fraction of sp³-hybridized carbons (Fsp3) is 0.250. The molecule has 0 amide bonds. The van der Waals surface area contributed by atoms with Crippen LogP contribution in [0.5, 0.6) is 0 Å². The third kappa shape index (κ3) is 3.53. The van der Waals surface area contributed by atoms with Crippen molar-refractivity contribution in [1.82, 2.24) is 0 Å². The number of halogens is 3. The maximum Gasteiger partial charge on any atom is 0.194 e. The Morgan fingerprint density at radius 1 is 1.25 bits per heavy atom. The molecule has 0 fully saturated rings. The highest BCUT2D eigenvalue weighted by Crippen LogP contribution is 2.30. The zero-order chi connectivity index (χ0) is 9.19. The van der Waals surface area contributed by atoms with Crippen molar-refractivity contribution in [1.29, 1.82) is 0 Å². The van der Waals surface area contributed by atoms with E-state index < -0.39 is 3.79 Å². The van der Waals surface area contributed by atoms with Crippen LogP contribution in [-0.2, 0) is 6.42 Å². The summed E-state index contributed by atoms with van der Waals surface area (Å²) >= 11 is 16.8. The molecule has 0 unspecified atom stereocenters. The normalized spacial score (nSPS) is 11.6. The molecule has 0 atom stereocenters. The Kier molecular flexibility index (Phi) is 3.10. The summed E-state index contributed by atoms with van der Waals surface area (Å²) in [5, 5.41) is 0. The highest BCUT2D eigenvalue weighted by Gasteiger charge is 2.19. The second-order valence-electron chi connectivity index (χ2n) is 2.54. The van der Waals surface area contributed by atoms with E-state index in [1.807, 2.05) is 12.1 Å². The number of alkyl halides is 3. The SMILES string of the molecule is Nc1cccc(CC(Cl)(Cl)Cl)c1. The number of nitrogens with two attached hydrogens (primary N) is 1. The lowest BCUT2D eigenvalue weighted by molar-refractivity contribution is 1.02. The van der Waals surface area contributed by atoms with Crippen LogP contribution in [0.1, 0.15) is 5.56 Å². The van der Waals surface area contributed by atoms with E-state index in [1.165, 1.54) is 0 Å². The van der Waals surface area contributed by atoms with E-state index in [2.05, 4.69) is 0 Å². The van der Waals surface area contributed by atoms with Gasteiger partial charge in [-0.1, -0.05) is 46.9 Å². The van der Waals surface area contributed by atoms with Crippen LogP contribution < -0.4 is 5.73 Å². The Morgan fingerprint density at radius 2 is 1.92 bits per heavy atom. The van der Waals surface area contributed by atoms with Crippen molar-refractivity contribution >= 4 is 40.5 Å². The molecular formula is C8H8Cl3N. The van der Waals surface area contributed by atoms with Crippen molar-refractivity contribution in [2.24, 2.45) is 0 Å². The molecule has 0 heterocycles. The van der Waals surface area contributed by atoms with Gasteiger partial charge in [-0.2, -0.15) is 0 Å². The van der Waals surface area contributed by atoms with Crippen LogP contribution in [0.4, 0.5) is 5.69 Å². The van der Waals surface area contributed by atoms with Gasteiger partial charge in [-0.3, -0.25) is 0 Å². The average Bonchev–Trinajstić information content (AvgIpc) is 1.82. The fourth-order valence-electron chi connectivity index (χ4n) is 0.935. The molecule has 12 heavy (non-hydrogen) atoms. The van der Waals surface area contributed by atoms with Gasteiger partial charge in [0.2, 0.25) is 0 Å². The number of rotatable bonds is 1. The van der Waals surface area contributed by atoms with E-state index in [0.29, 0.717) is 12.1 Å². The molecule has 0 saturated carbocycles. The minimum Gasteiger partial charge on any atom is -0.399 e. The molecule has 0 radical (unpaired) electrons. The molecule has 4 heteroatoms. The molecule has 0 aromatic heterocycles. The highest BCUT2D eigenvalue weighted by atomic mass is 35.6. The molecule has 0 spiro atoms. The van der Waals surface area contributed by atoms with Gasteiger partial charge in [0, 0.05) is 12.1 Å². The van der Waals surface area contributed by atoms with Gasteiger partial charge in [-0.15, -0.1) is 0 Å². The van der Waals surface area contributed by atoms with Crippen molar-refractivity contribution in [2.45, 2.75) is 10.2 Å². The predicted molar refractivity (Wildman–Crippen MR) is 54.8 cm³/mol. The van der Waals surface area contributed by atoms with Crippen LogP contribution in [-0.4, -0.2) is 3.79 Å². The molecule has 1 aromatic carbocycles. The van der Waals surface area contributed by atoms with E-state index >= 15 is 0 Å². The standard InChI is InChI=1S/C8H8Cl3N/c9-8(10,11)5-6-2-1-3-7(12)4-6/h1-4H,5,12H2. The van der Waals surface area contributed by atoms with Gasteiger partial charge in [0.25, 0.3) is 0 Å². The zero-order valence-corrected chi connectivity index (χ0v) is 8.50. The second-order valence-corrected chi connectivity index (χ2v) is 5.05. The molecular weight excluding hydrogens is 216 g/mol. The van der Waals surface area contributed by atoms with Crippen molar-refractivity contribution in [3.8, 4) is 0 Å². The lowest BCUT2D eigenvalue weighted by Gasteiger charge is -2.10. The number of anilines is 1. The quantitative estimate of drug-likeness (QED) is 0.575. The van der Waals surface area contributed by atoms with Crippen molar-refractivity contribution in [3.63, 3.8) is 0 Å². The highest BCUT2D eigenvalue weighted by molar-refractivity contribution is 6.67. The van der Waals surface area contributed by atoms with Gasteiger partial charge in [-0.25, -0.2) is 0 Å². The molecule has 66 valence electrons. The van der Waals surface area contributed by atoms with Crippen LogP contribution in [0.3, 0.4) is 0 Å².